The molecule has 1 heterocycles. The van der Waals surface area contributed by atoms with Gasteiger partial charge in [0.2, 0.25) is 0 Å². The number of nitrogens with zero attached hydrogens (tertiary/aromatic N) is 1. The van der Waals surface area contributed by atoms with E-state index in [-0.39, 0.29) is 0 Å². The van der Waals surface area contributed by atoms with Gasteiger partial charge >= 0.3 is 0 Å². The maximum Gasteiger partial charge on any atom is 0.0231 e. The molecule has 0 aliphatic heterocycles. The largest absolute Gasteiger partial charge is 0.354 e. The van der Waals surface area contributed by atoms with Crippen LogP contribution in [0.1, 0.15) is 84.3 Å². The average molecular weight is 263 g/mol. The Kier molecular flexibility index (Phi) is 7.27. The van der Waals surface area contributed by atoms with Crippen molar-refractivity contribution in [3.63, 3.8) is 0 Å². The standard InChI is InChI=1S/C18H33N/c1-5-7-9-11-15-18(3,14-10-8-6-2)17-13-12-16-19(17)4/h12-13,16H,5-11,14-15H2,1-4H3. The van der Waals surface area contributed by atoms with Gasteiger partial charge in [0.15, 0.2) is 0 Å². The van der Waals surface area contributed by atoms with Crippen LogP contribution in [-0.4, -0.2) is 4.57 Å². The molecule has 0 N–H and O–H groups in total. The van der Waals surface area contributed by atoms with Gasteiger partial charge in [0.1, 0.15) is 0 Å². The third-order valence-corrected chi connectivity index (χ3v) is 4.48. The van der Waals surface area contributed by atoms with Crippen molar-refractivity contribution in [3.05, 3.63) is 24.0 Å². The molecule has 0 aliphatic carbocycles. The van der Waals surface area contributed by atoms with E-state index in [2.05, 4.69) is 50.7 Å². The molecule has 1 nitrogen and oxygen atoms in total. The van der Waals surface area contributed by atoms with Crippen molar-refractivity contribution in [1.82, 2.24) is 4.57 Å². The van der Waals surface area contributed by atoms with Gasteiger partial charge in [-0.3, -0.25) is 0 Å². The molecule has 0 saturated carbocycles. The second-order valence-electron chi connectivity index (χ2n) is 6.33. The zero-order valence-electron chi connectivity index (χ0n) is 13.5. The minimum atomic E-state index is 0.376. The molecule has 0 bridgehead atoms. The zero-order chi connectivity index (χ0) is 14.1. The Bertz CT molecular complexity index is 339. The van der Waals surface area contributed by atoms with Crippen LogP contribution in [0.15, 0.2) is 18.3 Å². The van der Waals surface area contributed by atoms with E-state index in [0.717, 1.165) is 0 Å². The lowest BCUT2D eigenvalue weighted by Gasteiger charge is -2.31. The Labute approximate surface area is 120 Å². The minimum Gasteiger partial charge on any atom is -0.354 e. The maximum atomic E-state index is 2.48. The van der Waals surface area contributed by atoms with Gasteiger partial charge in [-0.15, -0.1) is 0 Å². The normalized spacial score (nSPS) is 14.5. The third-order valence-electron chi connectivity index (χ3n) is 4.48. The fourth-order valence-electron chi connectivity index (χ4n) is 3.18. The van der Waals surface area contributed by atoms with Crippen molar-refractivity contribution in [1.29, 1.82) is 0 Å². The number of unbranched alkanes of at least 4 members (excludes halogenated alkanes) is 5. The van der Waals surface area contributed by atoms with Crippen molar-refractivity contribution >= 4 is 0 Å². The van der Waals surface area contributed by atoms with Crippen LogP contribution in [0.3, 0.4) is 0 Å². The molecule has 1 atom stereocenters. The van der Waals surface area contributed by atoms with Crippen LogP contribution in [0, 0.1) is 0 Å². The average Bonchev–Trinajstić information content (AvgIpc) is 2.82. The highest BCUT2D eigenvalue weighted by atomic mass is 14.9. The van der Waals surface area contributed by atoms with Gasteiger partial charge < -0.3 is 4.57 Å². The summed E-state index contributed by atoms with van der Waals surface area (Å²) in [5.41, 5.74) is 1.90. The lowest BCUT2D eigenvalue weighted by molar-refractivity contribution is 0.349. The quantitative estimate of drug-likeness (QED) is 0.468. The molecule has 0 fully saturated rings. The summed E-state index contributed by atoms with van der Waals surface area (Å²) in [6.45, 7) is 7.06. The third kappa shape index (κ3) is 5.04. The lowest BCUT2D eigenvalue weighted by atomic mass is 9.77. The Morgan fingerprint density at radius 2 is 1.53 bits per heavy atom. The first-order valence-electron chi connectivity index (χ1n) is 8.26. The number of hydrogen-bond acceptors (Lipinski definition) is 0. The van der Waals surface area contributed by atoms with Gasteiger partial charge in [0, 0.05) is 24.4 Å². The molecule has 0 aliphatic rings. The molecule has 1 aromatic heterocycles. The second-order valence-corrected chi connectivity index (χ2v) is 6.33. The van der Waals surface area contributed by atoms with Gasteiger partial charge in [-0.25, -0.2) is 0 Å². The Morgan fingerprint density at radius 3 is 2.05 bits per heavy atom. The number of aryl methyl sites for hydroxylation is 1. The van der Waals surface area contributed by atoms with E-state index < -0.39 is 0 Å². The maximum absolute atomic E-state index is 2.48. The molecule has 1 unspecified atom stereocenters. The molecule has 19 heavy (non-hydrogen) atoms. The first kappa shape index (κ1) is 16.3. The monoisotopic (exact) mass is 263 g/mol. The number of hydrogen-bond donors (Lipinski definition) is 0. The Balaban J connectivity index is 2.64. The summed E-state index contributed by atoms with van der Waals surface area (Å²) in [5.74, 6) is 0. The van der Waals surface area contributed by atoms with Crippen LogP contribution in [0.25, 0.3) is 0 Å². The molecule has 0 amide bonds. The summed E-state index contributed by atoms with van der Waals surface area (Å²) in [6.07, 6.45) is 14.4. The minimum absolute atomic E-state index is 0.376. The molecular weight excluding hydrogens is 230 g/mol. The van der Waals surface area contributed by atoms with Gasteiger partial charge in [-0.05, 0) is 25.0 Å². The highest BCUT2D eigenvalue weighted by Crippen LogP contribution is 2.35. The predicted octanol–water partition coefficient (Wildman–Crippen LogP) is 5.83. The first-order chi connectivity index (χ1) is 9.14. The molecule has 0 spiro atoms. The van der Waals surface area contributed by atoms with E-state index >= 15 is 0 Å². The summed E-state index contributed by atoms with van der Waals surface area (Å²) < 4.78 is 2.33. The zero-order valence-corrected chi connectivity index (χ0v) is 13.5. The molecule has 0 saturated heterocycles. The molecule has 110 valence electrons. The fourth-order valence-corrected chi connectivity index (χ4v) is 3.18. The smallest absolute Gasteiger partial charge is 0.0231 e. The van der Waals surface area contributed by atoms with Crippen molar-refractivity contribution in [2.75, 3.05) is 0 Å². The van der Waals surface area contributed by atoms with Gasteiger partial charge in [-0.1, -0.05) is 65.7 Å². The summed E-state index contributed by atoms with van der Waals surface area (Å²) in [7, 11) is 2.19. The van der Waals surface area contributed by atoms with Crippen LogP contribution >= 0.6 is 0 Å². The Morgan fingerprint density at radius 1 is 0.947 bits per heavy atom. The van der Waals surface area contributed by atoms with Gasteiger partial charge in [-0.2, -0.15) is 0 Å². The molecule has 0 radical (unpaired) electrons. The summed E-state index contributed by atoms with van der Waals surface area (Å²) >= 11 is 0. The predicted molar refractivity (Wildman–Crippen MR) is 85.7 cm³/mol. The molecule has 0 aromatic carbocycles. The summed E-state index contributed by atoms with van der Waals surface area (Å²) in [6, 6.07) is 4.52. The van der Waals surface area contributed by atoms with E-state index in [1.165, 1.54) is 63.5 Å². The Hall–Kier alpha value is -0.720. The summed E-state index contributed by atoms with van der Waals surface area (Å²) in [5, 5.41) is 0. The lowest BCUT2D eigenvalue weighted by Crippen LogP contribution is -2.25. The molecule has 1 aromatic rings. The van der Waals surface area contributed by atoms with E-state index in [9.17, 15) is 0 Å². The van der Waals surface area contributed by atoms with Crippen LogP contribution in [-0.2, 0) is 12.5 Å². The van der Waals surface area contributed by atoms with Gasteiger partial charge in [0.25, 0.3) is 0 Å². The number of rotatable bonds is 10. The van der Waals surface area contributed by atoms with E-state index in [1.54, 1.807) is 0 Å². The summed E-state index contributed by atoms with van der Waals surface area (Å²) in [4.78, 5) is 0. The fraction of sp³-hybridized carbons (Fsp3) is 0.778. The van der Waals surface area contributed by atoms with E-state index in [1.807, 2.05) is 0 Å². The van der Waals surface area contributed by atoms with Crippen molar-refractivity contribution < 1.29 is 0 Å². The van der Waals surface area contributed by atoms with E-state index in [4.69, 9.17) is 0 Å². The molecular formula is C18H33N. The van der Waals surface area contributed by atoms with Crippen LogP contribution in [0.2, 0.25) is 0 Å². The topological polar surface area (TPSA) is 4.93 Å². The van der Waals surface area contributed by atoms with Crippen LogP contribution in [0.5, 0.6) is 0 Å². The highest BCUT2D eigenvalue weighted by molar-refractivity contribution is 5.18. The van der Waals surface area contributed by atoms with Crippen molar-refractivity contribution in [2.45, 2.75) is 84.0 Å². The number of aromatic nitrogens is 1. The van der Waals surface area contributed by atoms with Crippen molar-refractivity contribution in [2.24, 2.45) is 7.05 Å². The second kappa shape index (κ2) is 8.45. The van der Waals surface area contributed by atoms with Crippen molar-refractivity contribution in [3.8, 4) is 0 Å². The molecule has 1 rings (SSSR count). The van der Waals surface area contributed by atoms with Gasteiger partial charge in [0.05, 0.1) is 0 Å². The SMILES string of the molecule is CCCCCCC(C)(CCCCC)c1cccn1C. The first-order valence-corrected chi connectivity index (χ1v) is 8.26. The highest BCUT2D eigenvalue weighted by Gasteiger charge is 2.27. The van der Waals surface area contributed by atoms with E-state index in [0.29, 0.717) is 5.41 Å². The van der Waals surface area contributed by atoms with Crippen LogP contribution < -0.4 is 0 Å². The molecule has 1 heteroatoms. The van der Waals surface area contributed by atoms with Crippen LogP contribution in [0.4, 0.5) is 0 Å².